The minimum absolute atomic E-state index is 0.597. The van der Waals surface area contributed by atoms with Crippen LogP contribution in [0.5, 0.6) is 0 Å². The van der Waals surface area contributed by atoms with Crippen LogP contribution in [0, 0.1) is 0 Å². The lowest BCUT2D eigenvalue weighted by molar-refractivity contribution is -0.816. The molecule has 1 heterocycles. The largest absolute Gasteiger partial charge is 0.356 e. The van der Waals surface area contributed by atoms with Gasteiger partial charge in [0.2, 0.25) is 6.34 Å². The highest BCUT2D eigenvalue weighted by molar-refractivity contribution is 6.36. The number of amides is 2. The quantitative estimate of drug-likeness (QED) is 0.344. The Morgan fingerprint density at radius 3 is 2.78 bits per heavy atom. The third kappa shape index (κ3) is 1.11. The zero-order chi connectivity index (χ0) is 6.85. The van der Waals surface area contributed by atoms with Gasteiger partial charge in [-0.15, -0.1) is 0 Å². The SMILES string of the molecule is C[NH+]1C=NC(=O)C(=O)N1. The molecule has 1 atom stereocenters. The number of hydrogen-bond acceptors (Lipinski definition) is 2. The molecule has 2 amide bonds. The topological polar surface area (TPSA) is 63.0 Å². The molecule has 0 radical (unpaired) electrons. The lowest BCUT2D eigenvalue weighted by Crippen LogP contribution is -3.16. The number of nitrogens with zero attached hydrogens (tertiary/aromatic N) is 1. The van der Waals surface area contributed by atoms with Gasteiger partial charge in [-0.2, -0.15) is 15.4 Å². The van der Waals surface area contributed by atoms with Crippen LogP contribution in [0.3, 0.4) is 0 Å². The molecule has 0 aromatic carbocycles. The Labute approximate surface area is 51.3 Å². The van der Waals surface area contributed by atoms with Gasteiger partial charge in [-0.25, -0.2) is 0 Å². The zero-order valence-electron chi connectivity index (χ0n) is 4.84. The number of carbonyl (C=O) groups is 2. The molecule has 0 aromatic rings. The summed E-state index contributed by atoms with van der Waals surface area (Å²) >= 11 is 0. The standard InChI is InChI=1S/C4H5N3O2/c1-7-2-5-3(8)4(9)6-7/h2H,1H3,(H,6,9)/p+1. The molecular formula is C4H6N3O2+. The monoisotopic (exact) mass is 128 g/mol. The first kappa shape index (κ1) is 5.90. The highest BCUT2D eigenvalue weighted by Crippen LogP contribution is 1.72. The molecule has 1 rings (SSSR count). The van der Waals surface area contributed by atoms with Gasteiger partial charge in [0.1, 0.15) is 0 Å². The summed E-state index contributed by atoms with van der Waals surface area (Å²) < 4.78 is 0. The van der Waals surface area contributed by atoms with E-state index in [1.165, 1.54) is 6.34 Å². The molecule has 0 aliphatic carbocycles. The smallest absolute Gasteiger partial charge is 0.261 e. The van der Waals surface area contributed by atoms with Crippen molar-refractivity contribution in [2.24, 2.45) is 4.99 Å². The molecule has 9 heavy (non-hydrogen) atoms. The second kappa shape index (κ2) is 1.94. The fourth-order valence-electron chi connectivity index (χ4n) is 0.479. The number of quaternary nitrogens is 1. The van der Waals surface area contributed by atoms with Crippen molar-refractivity contribution in [3.05, 3.63) is 0 Å². The lowest BCUT2D eigenvalue weighted by Gasteiger charge is -2.09. The van der Waals surface area contributed by atoms with Gasteiger partial charge in [0.15, 0.2) is 0 Å². The maximum absolute atomic E-state index is 10.4. The van der Waals surface area contributed by atoms with E-state index in [1.54, 1.807) is 7.05 Å². The lowest BCUT2D eigenvalue weighted by atomic mass is 10.6. The van der Waals surface area contributed by atoms with Crippen molar-refractivity contribution >= 4 is 18.2 Å². The predicted molar refractivity (Wildman–Crippen MR) is 28.5 cm³/mol. The molecule has 2 N–H and O–H groups in total. The van der Waals surface area contributed by atoms with E-state index in [0.717, 1.165) is 0 Å². The van der Waals surface area contributed by atoms with Crippen LogP contribution in [-0.2, 0) is 9.59 Å². The first-order valence-electron chi connectivity index (χ1n) is 2.43. The fraction of sp³-hybridized carbons (Fsp3) is 0.250. The van der Waals surface area contributed by atoms with Gasteiger partial charge < -0.3 is 0 Å². The van der Waals surface area contributed by atoms with Crippen molar-refractivity contribution in [2.45, 2.75) is 0 Å². The summed E-state index contributed by atoms with van der Waals surface area (Å²) in [5, 5.41) is 0.597. The zero-order valence-corrected chi connectivity index (χ0v) is 4.84. The van der Waals surface area contributed by atoms with Gasteiger partial charge in [-0.05, 0) is 0 Å². The van der Waals surface area contributed by atoms with Gasteiger partial charge in [-0.1, -0.05) is 0 Å². The summed E-state index contributed by atoms with van der Waals surface area (Å²) in [5.41, 5.74) is 2.31. The van der Waals surface area contributed by atoms with E-state index in [-0.39, 0.29) is 0 Å². The Kier molecular flexibility index (Phi) is 1.27. The van der Waals surface area contributed by atoms with Crippen LogP contribution in [0.15, 0.2) is 4.99 Å². The molecule has 1 aliphatic heterocycles. The summed E-state index contributed by atoms with van der Waals surface area (Å²) in [7, 11) is 1.66. The summed E-state index contributed by atoms with van der Waals surface area (Å²) in [6, 6.07) is 0. The van der Waals surface area contributed by atoms with Gasteiger partial charge >= 0.3 is 11.8 Å². The van der Waals surface area contributed by atoms with Crippen LogP contribution in [0.4, 0.5) is 0 Å². The first-order chi connectivity index (χ1) is 4.20. The van der Waals surface area contributed by atoms with Crippen LogP contribution in [-0.4, -0.2) is 25.2 Å². The normalized spacial score (nSPS) is 26.1. The van der Waals surface area contributed by atoms with Crippen LogP contribution in [0.2, 0.25) is 0 Å². The molecular weight excluding hydrogens is 122 g/mol. The van der Waals surface area contributed by atoms with Gasteiger partial charge in [0.25, 0.3) is 0 Å². The summed E-state index contributed by atoms with van der Waals surface area (Å²) in [6.07, 6.45) is 1.32. The van der Waals surface area contributed by atoms with Crippen molar-refractivity contribution in [3.8, 4) is 0 Å². The van der Waals surface area contributed by atoms with Crippen LogP contribution >= 0.6 is 0 Å². The Morgan fingerprint density at radius 1 is 1.67 bits per heavy atom. The molecule has 48 valence electrons. The van der Waals surface area contributed by atoms with E-state index < -0.39 is 11.8 Å². The second-order valence-electron chi connectivity index (χ2n) is 1.70. The summed E-state index contributed by atoms with van der Waals surface area (Å²) in [4.78, 5) is 24.0. The minimum atomic E-state index is -0.736. The third-order valence-electron chi connectivity index (χ3n) is 0.880. The van der Waals surface area contributed by atoms with E-state index in [4.69, 9.17) is 0 Å². The molecule has 0 aromatic heterocycles. The molecule has 5 nitrogen and oxygen atoms in total. The molecule has 1 unspecified atom stereocenters. The highest BCUT2D eigenvalue weighted by Gasteiger charge is 2.20. The van der Waals surface area contributed by atoms with E-state index in [0.29, 0.717) is 5.01 Å². The summed E-state index contributed by atoms with van der Waals surface area (Å²) in [5.74, 6) is -1.39. The van der Waals surface area contributed by atoms with Crippen LogP contribution in [0.25, 0.3) is 0 Å². The molecule has 1 aliphatic rings. The average molecular weight is 128 g/mol. The molecule has 5 heteroatoms. The van der Waals surface area contributed by atoms with Gasteiger partial charge in [-0.3, -0.25) is 9.59 Å². The Morgan fingerprint density at radius 2 is 2.33 bits per heavy atom. The van der Waals surface area contributed by atoms with Crippen molar-refractivity contribution in [3.63, 3.8) is 0 Å². The maximum atomic E-state index is 10.4. The molecule has 0 fully saturated rings. The van der Waals surface area contributed by atoms with Crippen molar-refractivity contribution in [2.75, 3.05) is 7.05 Å². The summed E-state index contributed by atoms with van der Waals surface area (Å²) in [6.45, 7) is 0. The van der Waals surface area contributed by atoms with Crippen LogP contribution < -0.4 is 10.4 Å². The van der Waals surface area contributed by atoms with Crippen molar-refractivity contribution in [1.82, 2.24) is 5.43 Å². The van der Waals surface area contributed by atoms with Crippen molar-refractivity contribution < 1.29 is 14.6 Å². The number of carbonyl (C=O) groups excluding carboxylic acids is 2. The maximum Gasteiger partial charge on any atom is 0.356 e. The highest BCUT2D eigenvalue weighted by atomic mass is 16.2. The number of hydrogen-bond donors (Lipinski definition) is 2. The van der Waals surface area contributed by atoms with Crippen molar-refractivity contribution in [1.29, 1.82) is 0 Å². The Hall–Kier alpha value is -1.23. The number of rotatable bonds is 0. The van der Waals surface area contributed by atoms with Gasteiger partial charge in [0.05, 0.1) is 7.05 Å². The molecule has 0 saturated carbocycles. The fourth-order valence-corrected chi connectivity index (χ4v) is 0.479. The third-order valence-corrected chi connectivity index (χ3v) is 0.880. The van der Waals surface area contributed by atoms with E-state index in [2.05, 4.69) is 10.4 Å². The molecule has 0 spiro atoms. The van der Waals surface area contributed by atoms with E-state index in [1.807, 2.05) is 0 Å². The molecule has 0 bridgehead atoms. The molecule has 0 saturated heterocycles. The predicted octanol–water partition coefficient (Wildman–Crippen LogP) is -2.90. The number of aliphatic imine (C=N–C) groups is 1. The van der Waals surface area contributed by atoms with E-state index in [9.17, 15) is 9.59 Å². The van der Waals surface area contributed by atoms with Gasteiger partial charge in [0, 0.05) is 0 Å². The second-order valence-corrected chi connectivity index (χ2v) is 1.70. The number of nitrogens with one attached hydrogen (secondary N) is 2. The first-order valence-corrected chi connectivity index (χ1v) is 2.43. The Bertz CT molecular complexity index is 186. The van der Waals surface area contributed by atoms with Crippen LogP contribution in [0.1, 0.15) is 0 Å². The Balaban J connectivity index is 2.77. The average Bonchev–Trinajstić information content (AvgIpc) is 1.80. The minimum Gasteiger partial charge on any atom is -0.261 e. The van der Waals surface area contributed by atoms with E-state index >= 15 is 0 Å².